The van der Waals surface area contributed by atoms with Crippen LogP contribution in [0.4, 0.5) is 0 Å². The number of Topliss-reactive ketones (excluding diaryl/α,β-unsaturated/α-hetero) is 1. The Kier molecular flexibility index (Phi) is 5.38. The van der Waals surface area contributed by atoms with Crippen LogP contribution < -0.4 is 0 Å². The Morgan fingerprint density at radius 3 is 2.54 bits per heavy atom. The van der Waals surface area contributed by atoms with E-state index in [9.17, 15) is 14.7 Å². The predicted molar refractivity (Wildman–Crippen MR) is 93.6 cm³/mol. The summed E-state index contributed by atoms with van der Waals surface area (Å²) >= 11 is 0. The molecule has 0 heterocycles. The number of hydrogen-bond acceptors (Lipinski definition) is 3. The highest BCUT2D eigenvalue weighted by Gasteiger charge is 2.52. The lowest BCUT2D eigenvalue weighted by Crippen LogP contribution is -2.48. The Bertz CT molecular complexity index is 597. The monoisotopic (exact) mass is 334 g/mol. The van der Waals surface area contributed by atoms with Crippen molar-refractivity contribution in [1.82, 2.24) is 0 Å². The summed E-state index contributed by atoms with van der Waals surface area (Å²) in [6.45, 7) is 8.34. The summed E-state index contributed by atoms with van der Waals surface area (Å²) < 4.78 is 0. The van der Waals surface area contributed by atoms with Crippen molar-refractivity contribution in [2.45, 2.75) is 66.2 Å². The number of ketones is 1. The number of aliphatic hydroxyl groups is 1. The van der Waals surface area contributed by atoms with Crippen LogP contribution in [0.15, 0.2) is 22.8 Å². The van der Waals surface area contributed by atoms with Gasteiger partial charge in [0.1, 0.15) is 0 Å². The second-order valence-electron chi connectivity index (χ2n) is 8.38. The smallest absolute Gasteiger partial charge is 0.328 e. The minimum absolute atomic E-state index is 0.0722. The summed E-state index contributed by atoms with van der Waals surface area (Å²) in [5.41, 5.74) is 2.48. The summed E-state index contributed by atoms with van der Waals surface area (Å²) in [4.78, 5) is 23.4. The molecule has 0 amide bonds. The average Bonchev–Trinajstić information content (AvgIpc) is 2.45. The average molecular weight is 334 g/mol. The number of carboxylic acids is 1. The Morgan fingerprint density at radius 1 is 1.29 bits per heavy atom. The molecule has 0 saturated heterocycles. The number of carbonyl (C=O) groups excluding carboxylic acids is 1. The second-order valence-corrected chi connectivity index (χ2v) is 8.38. The standard InChI is InChI=1S/C20H30O4/c1-13(10-18(23)24)6-7-15-14(12-21)16(22)11-17-19(2,3)8-5-9-20(15,17)4/h10,17,21H,5-9,11-12H2,1-4H3,(H,23,24)/b13-10+/t17-,20+/m0/s1. The van der Waals surface area contributed by atoms with E-state index in [-0.39, 0.29) is 23.2 Å². The molecule has 0 aromatic carbocycles. The molecule has 0 spiro atoms. The van der Waals surface area contributed by atoms with Gasteiger partial charge in [-0.3, -0.25) is 4.79 Å². The minimum atomic E-state index is -0.938. The van der Waals surface area contributed by atoms with Gasteiger partial charge in [0.05, 0.1) is 6.61 Å². The van der Waals surface area contributed by atoms with E-state index in [0.29, 0.717) is 30.8 Å². The summed E-state index contributed by atoms with van der Waals surface area (Å²) in [5.74, 6) is -0.573. The minimum Gasteiger partial charge on any atom is -0.478 e. The predicted octanol–water partition coefficient (Wildman–Crippen LogP) is 3.89. The Hall–Kier alpha value is -1.42. The topological polar surface area (TPSA) is 74.6 Å². The number of rotatable bonds is 5. The van der Waals surface area contributed by atoms with E-state index in [1.807, 2.05) is 6.92 Å². The van der Waals surface area contributed by atoms with Crippen LogP contribution in [-0.4, -0.2) is 28.6 Å². The van der Waals surface area contributed by atoms with Crippen LogP contribution in [0.5, 0.6) is 0 Å². The number of fused-ring (bicyclic) bond motifs is 1. The largest absolute Gasteiger partial charge is 0.478 e. The van der Waals surface area contributed by atoms with Crippen molar-refractivity contribution in [3.8, 4) is 0 Å². The number of carboxylic acid groups (broad SMARTS) is 1. The van der Waals surface area contributed by atoms with Gasteiger partial charge in [0.25, 0.3) is 0 Å². The van der Waals surface area contributed by atoms with Gasteiger partial charge in [0.2, 0.25) is 0 Å². The van der Waals surface area contributed by atoms with Gasteiger partial charge in [-0.05, 0) is 49.4 Å². The maximum absolute atomic E-state index is 12.6. The third-order valence-electron chi connectivity index (χ3n) is 6.31. The van der Waals surface area contributed by atoms with Crippen molar-refractivity contribution in [3.05, 3.63) is 22.8 Å². The molecule has 2 N–H and O–H groups in total. The number of aliphatic carboxylic acids is 1. The van der Waals surface area contributed by atoms with Crippen molar-refractivity contribution in [2.75, 3.05) is 6.61 Å². The first-order valence-electron chi connectivity index (χ1n) is 8.88. The molecule has 1 saturated carbocycles. The molecule has 0 aliphatic heterocycles. The molecule has 2 rings (SSSR count). The molecular weight excluding hydrogens is 304 g/mol. The molecule has 0 bridgehead atoms. The zero-order valence-electron chi connectivity index (χ0n) is 15.3. The van der Waals surface area contributed by atoms with Crippen LogP contribution in [0.2, 0.25) is 0 Å². The van der Waals surface area contributed by atoms with Crippen molar-refractivity contribution >= 4 is 11.8 Å². The van der Waals surface area contributed by atoms with Crippen LogP contribution in [0.1, 0.15) is 66.2 Å². The molecule has 4 nitrogen and oxygen atoms in total. The van der Waals surface area contributed by atoms with Crippen LogP contribution in [0.25, 0.3) is 0 Å². The molecule has 2 aliphatic rings. The molecule has 0 unspecified atom stereocenters. The first-order valence-corrected chi connectivity index (χ1v) is 8.88. The van der Waals surface area contributed by atoms with Crippen LogP contribution >= 0.6 is 0 Å². The van der Waals surface area contributed by atoms with E-state index in [4.69, 9.17) is 5.11 Å². The fraction of sp³-hybridized carbons (Fsp3) is 0.700. The summed E-state index contributed by atoms with van der Waals surface area (Å²) in [6.07, 6.45) is 6.30. The van der Waals surface area contributed by atoms with Crippen molar-refractivity contribution in [2.24, 2.45) is 16.7 Å². The molecule has 2 atom stereocenters. The molecule has 134 valence electrons. The van der Waals surface area contributed by atoms with E-state index in [1.165, 1.54) is 6.08 Å². The van der Waals surface area contributed by atoms with Gasteiger partial charge in [-0.25, -0.2) is 4.79 Å². The maximum atomic E-state index is 12.6. The van der Waals surface area contributed by atoms with E-state index >= 15 is 0 Å². The van der Waals surface area contributed by atoms with Crippen LogP contribution in [-0.2, 0) is 9.59 Å². The van der Waals surface area contributed by atoms with Crippen LogP contribution in [0.3, 0.4) is 0 Å². The molecule has 2 aliphatic carbocycles. The van der Waals surface area contributed by atoms with Gasteiger partial charge in [-0.2, -0.15) is 0 Å². The van der Waals surface area contributed by atoms with Crippen molar-refractivity contribution in [3.63, 3.8) is 0 Å². The summed E-state index contributed by atoms with van der Waals surface area (Å²) in [5, 5.41) is 18.7. The molecule has 0 radical (unpaired) electrons. The fourth-order valence-corrected chi connectivity index (χ4v) is 5.03. The second kappa shape index (κ2) is 6.83. The van der Waals surface area contributed by atoms with E-state index in [1.54, 1.807) is 0 Å². The van der Waals surface area contributed by atoms with Gasteiger partial charge in [-0.1, -0.05) is 38.3 Å². The first-order chi connectivity index (χ1) is 11.1. The normalized spacial score (nSPS) is 30.3. The lowest BCUT2D eigenvalue weighted by molar-refractivity contribution is -0.131. The first kappa shape index (κ1) is 18.9. The quantitative estimate of drug-likeness (QED) is 0.748. The number of hydrogen-bond donors (Lipinski definition) is 2. The molecule has 4 heteroatoms. The third kappa shape index (κ3) is 3.49. The number of allylic oxidation sites excluding steroid dienone is 2. The Morgan fingerprint density at radius 2 is 1.96 bits per heavy atom. The highest BCUT2D eigenvalue weighted by molar-refractivity contribution is 5.98. The van der Waals surface area contributed by atoms with Gasteiger partial charge in [-0.15, -0.1) is 0 Å². The highest BCUT2D eigenvalue weighted by atomic mass is 16.4. The lowest BCUT2D eigenvalue weighted by atomic mass is 9.49. The zero-order valence-corrected chi connectivity index (χ0v) is 15.3. The van der Waals surface area contributed by atoms with E-state index < -0.39 is 5.97 Å². The summed E-state index contributed by atoms with van der Waals surface area (Å²) in [7, 11) is 0. The Balaban J connectivity index is 2.39. The van der Waals surface area contributed by atoms with Gasteiger partial charge in [0.15, 0.2) is 5.78 Å². The fourth-order valence-electron chi connectivity index (χ4n) is 5.03. The van der Waals surface area contributed by atoms with E-state index in [0.717, 1.165) is 30.4 Å². The maximum Gasteiger partial charge on any atom is 0.328 e. The molecule has 1 fully saturated rings. The van der Waals surface area contributed by atoms with Crippen molar-refractivity contribution < 1.29 is 19.8 Å². The number of aliphatic hydroxyl groups excluding tert-OH is 1. The molecule has 24 heavy (non-hydrogen) atoms. The lowest BCUT2D eigenvalue weighted by Gasteiger charge is -2.54. The van der Waals surface area contributed by atoms with Gasteiger partial charge >= 0.3 is 5.97 Å². The Labute approximate surface area is 144 Å². The molecular formula is C20H30O4. The molecule has 0 aromatic heterocycles. The van der Waals surface area contributed by atoms with Crippen molar-refractivity contribution in [1.29, 1.82) is 0 Å². The SMILES string of the molecule is C/C(=C\C(=O)O)CCC1=C(CO)C(=O)C[C@H]2C(C)(C)CCC[C@]12C. The number of carbonyl (C=O) groups is 2. The van der Waals surface area contributed by atoms with Crippen LogP contribution in [0, 0.1) is 16.7 Å². The molecule has 0 aromatic rings. The van der Waals surface area contributed by atoms with Gasteiger partial charge < -0.3 is 10.2 Å². The third-order valence-corrected chi connectivity index (χ3v) is 6.31. The highest BCUT2D eigenvalue weighted by Crippen LogP contribution is 2.59. The van der Waals surface area contributed by atoms with Gasteiger partial charge in [0, 0.05) is 18.1 Å². The summed E-state index contributed by atoms with van der Waals surface area (Å²) in [6, 6.07) is 0. The van der Waals surface area contributed by atoms with E-state index in [2.05, 4.69) is 20.8 Å². The zero-order chi connectivity index (χ0) is 18.1.